The first kappa shape index (κ1) is 17.2. The van der Waals surface area contributed by atoms with Crippen LogP contribution in [0.15, 0.2) is 41.9 Å². The van der Waals surface area contributed by atoms with E-state index < -0.39 is 0 Å². The summed E-state index contributed by atoms with van der Waals surface area (Å²) in [6.45, 7) is 5.25. The van der Waals surface area contributed by atoms with E-state index in [4.69, 9.17) is 4.74 Å². The predicted octanol–water partition coefficient (Wildman–Crippen LogP) is 2.51. The van der Waals surface area contributed by atoms with E-state index in [1.54, 1.807) is 0 Å². The van der Waals surface area contributed by atoms with Gasteiger partial charge in [0.2, 0.25) is 0 Å². The molecule has 3 aromatic rings. The molecule has 1 aromatic carbocycles. The van der Waals surface area contributed by atoms with E-state index in [-0.39, 0.29) is 5.91 Å². The number of rotatable bonds is 6. The number of amides is 1. The van der Waals surface area contributed by atoms with Gasteiger partial charge in [0.05, 0.1) is 18.9 Å². The number of morpholine rings is 1. The molecule has 1 amide bonds. The van der Waals surface area contributed by atoms with Gasteiger partial charge in [-0.25, -0.2) is 4.98 Å². The summed E-state index contributed by atoms with van der Waals surface area (Å²) in [5.74, 6) is -0.0461. The largest absolute Gasteiger partial charge is 0.379 e. The second kappa shape index (κ2) is 7.99. The van der Waals surface area contributed by atoms with Crippen LogP contribution in [0.3, 0.4) is 0 Å². The van der Waals surface area contributed by atoms with Crippen LogP contribution in [0.25, 0.3) is 16.2 Å². The first-order valence-corrected chi connectivity index (χ1v) is 9.79. The summed E-state index contributed by atoms with van der Waals surface area (Å²) in [5, 5.41) is 4.90. The van der Waals surface area contributed by atoms with Crippen molar-refractivity contribution in [1.29, 1.82) is 0 Å². The molecule has 0 aliphatic carbocycles. The monoisotopic (exact) mass is 370 g/mol. The van der Waals surface area contributed by atoms with Gasteiger partial charge in [0.25, 0.3) is 5.91 Å². The van der Waals surface area contributed by atoms with Crippen LogP contribution in [0.5, 0.6) is 0 Å². The second-order valence-electron chi connectivity index (χ2n) is 6.33. The molecular formula is C19H22N4O2S. The van der Waals surface area contributed by atoms with Crippen molar-refractivity contribution in [1.82, 2.24) is 19.6 Å². The fourth-order valence-electron chi connectivity index (χ4n) is 3.12. The maximum Gasteiger partial charge on any atom is 0.269 e. The van der Waals surface area contributed by atoms with Gasteiger partial charge in [-0.15, -0.1) is 11.3 Å². The number of aromatic nitrogens is 2. The van der Waals surface area contributed by atoms with Gasteiger partial charge >= 0.3 is 0 Å². The normalized spacial score (nSPS) is 15.4. The average molecular weight is 370 g/mol. The van der Waals surface area contributed by atoms with Crippen LogP contribution < -0.4 is 5.32 Å². The Morgan fingerprint density at radius 2 is 2.04 bits per heavy atom. The molecule has 6 nitrogen and oxygen atoms in total. The molecule has 26 heavy (non-hydrogen) atoms. The molecule has 0 atom stereocenters. The Balaban J connectivity index is 1.36. The highest BCUT2D eigenvalue weighted by Crippen LogP contribution is 2.23. The Morgan fingerprint density at radius 3 is 2.85 bits per heavy atom. The number of nitrogens with one attached hydrogen (secondary N) is 1. The lowest BCUT2D eigenvalue weighted by Crippen LogP contribution is -2.38. The molecule has 0 unspecified atom stereocenters. The number of carbonyl (C=O) groups excluding carboxylic acids is 1. The van der Waals surface area contributed by atoms with Gasteiger partial charge in [0.1, 0.15) is 5.69 Å². The van der Waals surface area contributed by atoms with Crippen molar-refractivity contribution in [2.24, 2.45) is 0 Å². The maximum atomic E-state index is 12.5. The zero-order valence-corrected chi connectivity index (χ0v) is 15.4. The molecule has 0 bridgehead atoms. The Labute approximate surface area is 156 Å². The smallest absolute Gasteiger partial charge is 0.269 e. The standard InChI is InChI=1S/C19H22N4O2S/c24-18(20-7-4-8-22-9-11-25-12-10-22)17-14-26-19-21-16(13-23(17)19)15-5-2-1-3-6-15/h1-3,5-6,13-14H,4,7-12H2,(H,20,24). The van der Waals surface area contributed by atoms with E-state index in [0.29, 0.717) is 12.2 Å². The molecule has 3 heterocycles. The molecular weight excluding hydrogens is 348 g/mol. The highest BCUT2D eigenvalue weighted by Gasteiger charge is 2.15. The van der Waals surface area contributed by atoms with Gasteiger partial charge < -0.3 is 10.1 Å². The molecule has 1 aliphatic rings. The molecule has 4 rings (SSSR count). The minimum atomic E-state index is -0.0461. The topological polar surface area (TPSA) is 58.9 Å². The number of nitrogens with zero attached hydrogens (tertiary/aromatic N) is 3. The third kappa shape index (κ3) is 3.80. The zero-order chi connectivity index (χ0) is 17.8. The van der Waals surface area contributed by atoms with Crippen molar-refractivity contribution in [2.45, 2.75) is 6.42 Å². The number of hydrogen-bond acceptors (Lipinski definition) is 5. The molecule has 7 heteroatoms. The number of ether oxygens (including phenoxy) is 1. The fraction of sp³-hybridized carbons (Fsp3) is 0.368. The third-order valence-electron chi connectivity index (χ3n) is 4.55. The van der Waals surface area contributed by atoms with E-state index in [9.17, 15) is 4.79 Å². The van der Waals surface area contributed by atoms with Gasteiger partial charge in [-0.2, -0.15) is 0 Å². The molecule has 1 fully saturated rings. The quantitative estimate of drug-likeness (QED) is 0.678. The molecule has 1 N–H and O–H groups in total. The van der Waals surface area contributed by atoms with Crippen LogP contribution in [0, 0.1) is 0 Å². The highest BCUT2D eigenvalue weighted by molar-refractivity contribution is 7.15. The SMILES string of the molecule is O=C(NCCCN1CCOCC1)c1csc2nc(-c3ccccc3)cn12. The van der Waals surface area contributed by atoms with Crippen LogP contribution in [0.1, 0.15) is 16.9 Å². The minimum absolute atomic E-state index is 0.0461. The lowest BCUT2D eigenvalue weighted by molar-refractivity contribution is 0.0374. The Kier molecular flexibility index (Phi) is 5.29. The fourth-order valence-corrected chi connectivity index (χ4v) is 3.97. The van der Waals surface area contributed by atoms with Crippen LogP contribution in [0.2, 0.25) is 0 Å². The third-order valence-corrected chi connectivity index (χ3v) is 5.39. The van der Waals surface area contributed by atoms with Gasteiger partial charge in [0, 0.05) is 36.8 Å². The van der Waals surface area contributed by atoms with Crippen LogP contribution in [-0.2, 0) is 4.74 Å². The summed E-state index contributed by atoms with van der Waals surface area (Å²) in [6, 6.07) is 10.0. The van der Waals surface area contributed by atoms with E-state index in [2.05, 4.69) is 15.2 Å². The summed E-state index contributed by atoms with van der Waals surface area (Å²) >= 11 is 1.49. The second-order valence-corrected chi connectivity index (χ2v) is 7.17. The lowest BCUT2D eigenvalue weighted by Gasteiger charge is -2.26. The minimum Gasteiger partial charge on any atom is -0.379 e. The summed E-state index contributed by atoms with van der Waals surface area (Å²) in [6.07, 6.45) is 2.88. The number of carbonyl (C=O) groups is 1. The van der Waals surface area contributed by atoms with Gasteiger partial charge in [0.15, 0.2) is 4.96 Å². The molecule has 1 saturated heterocycles. The van der Waals surface area contributed by atoms with Crippen molar-refractivity contribution in [3.63, 3.8) is 0 Å². The van der Waals surface area contributed by atoms with Crippen LogP contribution in [0.4, 0.5) is 0 Å². The van der Waals surface area contributed by atoms with Crippen LogP contribution in [-0.4, -0.2) is 59.6 Å². The summed E-state index contributed by atoms with van der Waals surface area (Å²) in [7, 11) is 0. The Hall–Kier alpha value is -2.22. The van der Waals surface area contributed by atoms with Gasteiger partial charge in [-0.05, 0) is 13.0 Å². The summed E-state index contributed by atoms with van der Waals surface area (Å²) in [5.41, 5.74) is 2.59. The molecule has 1 aliphatic heterocycles. The number of hydrogen-bond donors (Lipinski definition) is 1. The van der Waals surface area contributed by atoms with E-state index in [0.717, 1.165) is 55.5 Å². The van der Waals surface area contributed by atoms with Crippen molar-refractivity contribution in [3.05, 3.63) is 47.6 Å². The van der Waals surface area contributed by atoms with Crippen molar-refractivity contribution in [2.75, 3.05) is 39.4 Å². The molecule has 2 aromatic heterocycles. The van der Waals surface area contributed by atoms with Crippen molar-refractivity contribution >= 4 is 22.2 Å². The maximum absolute atomic E-state index is 12.5. The number of benzene rings is 1. The lowest BCUT2D eigenvalue weighted by atomic mass is 10.2. The predicted molar refractivity (Wildman–Crippen MR) is 103 cm³/mol. The van der Waals surface area contributed by atoms with Crippen molar-refractivity contribution in [3.8, 4) is 11.3 Å². The molecule has 0 saturated carbocycles. The first-order chi connectivity index (χ1) is 12.8. The highest BCUT2D eigenvalue weighted by atomic mass is 32.1. The average Bonchev–Trinajstić information content (AvgIpc) is 3.27. The zero-order valence-electron chi connectivity index (χ0n) is 14.6. The Morgan fingerprint density at radius 1 is 1.23 bits per heavy atom. The molecule has 0 radical (unpaired) electrons. The van der Waals surface area contributed by atoms with Gasteiger partial charge in [-0.1, -0.05) is 30.3 Å². The molecule has 0 spiro atoms. The van der Waals surface area contributed by atoms with E-state index in [1.165, 1.54) is 11.3 Å². The van der Waals surface area contributed by atoms with E-state index >= 15 is 0 Å². The number of fused-ring (bicyclic) bond motifs is 1. The number of thiazole rings is 1. The summed E-state index contributed by atoms with van der Waals surface area (Å²) in [4.78, 5) is 20.4. The molecule has 136 valence electrons. The van der Waals surface area contributed by atoms with E-state index in [1.807, 2.05) is 46.3 Å². The first-order valence-electron chi connectivity index (χ1n) is 8.91. The van der Waals surface area contributed by atoms with Crippen molar-refractivity contribution < 1.29 is 9.53 Å². The summed E-state index contributed by atoms with van der Waals surface area (Å²) < 4.78 is 7.23. The van der Waals surface area contributed by atoms with Gasteiger partial charge in [-0.3, -0.25) is 14.1 Å². The van der Waals surface area contributed by atoms with Crippen LogP contribution >= 0.6 is 11.3 Å². The number of imidazole rings is 1. The Bertz CT molecular complexity index is 868.